The highest BCUT2D eigenvalue weighted by Crippen LogP contribution is 2.29. The molecule has 18 heavy (non-hydrogen) atoms. The third-order valence-corrected chi connectivity index (χ3v) is 3.70. The van der Waals surface area contributed by atoms with E-state index in [1.807, 2.05) is 0 Å². The zero-order chi connectivity index (χ0) is 12.4. The Morgan fingerprint density at radius 2 is 2.00 bits per heavy atom. The highest BCUT2D eigenvalue weighted by Gasteiger charge is 2.19. The first-order valence-corrected chi connectivity index (χ1v) is 6.90. The molecule has 0 unspecified atom stereocenters. The van der Waals surface area contributed by atoms with Crippen molar-refractivity contribution in [2.45, 2.75) is 32.6 Å². The van der Waals surface area contributed by atoms with Crippen molar-refractivity contribution in [1.82, 2.24) is 5.01 Å². The van der Waals surface area contributed by atoms with Gasteiger partial charge >= 0.3 is 0 Å². The van der Waals surface area contributed by atoms with Gasteiger partial charge in [0, 0.05) is 25.1 Å². The average molecular weight is 244 g/mol. The highest BCUT2D eigenvalue weighted by atomic mass is 16.5. The maximum absolute atomic E-state index is 5.77. The van der Waals surface area contributed by atoms with E-state index < -0.39 is 0 Å². The molecule has 0 bridgehead atoms. The van der Waals surface area contributed by atoms with Crippen LogP contribution < -0.4 is 4.74 Å². The Bertz CT molecular complexity index is 462. The lowest BCUT2D eigenvalue weighted by Gasteiger charge is -2.27. The van der Waals surface area contributed by atoms with Gasteiger partial charge in [-0.3, -0.25) is 5.01 Å². The van der Waals surface area contributed by atoms with E-state index in [9.17, 15) is 0 Å². The van der Waals surface area contributed by atoms with Crippen molar-refractivity contribution in [3.63, 3.8) is 0 Å². The summed E-state index contributed by atoms with van der Waals surface area (Å²) in [6.07, 6.45) is 4.81. The van der Waals surface area contributed by atoms with E-state index in [0.717, 1.165) is 31.9 Å². The van der Waals surface area contributed by atoms with Gasteiger partial charge in [-0.05, 0) is 37.8 Å². The van der Waals surface area contributed by atoms with Crippen molar-refractivity contribution in [3.05, 3.63) is 29.3 Å². The first-order chi connectivity index (χ1) is 8.84. The van der Waals surface area contributed by atoms with E-state index in [1.54, 1.807) is 0 Å². The Hall–Kier alpha value is -1.51. The molecule has 3 rings (SSSR count). The number of ether oxygens (including phenoxy) is 1. The van der Waals surface area contributed by atoms with Crippen LogP contribution in [0.3, 0.4) is 0 Å². The minimum absolute atomic E-state index is 0.754. The van der Waals surface area contributed by atoms with E-state index in [0.29, 0.717) is 0 Å². The van der Waals surface area contributed by atoms with Gasteiger partial charge in [0.1, 0.15) is 5.75 Å². The molecule has 0 amide bonds. The Labute approximate surface area is 108 Å². The number of rotatable bonds is 1. The Morgan fingerprint density at radius 3 is 2.83 bits per heavy atom. The molecule has 1 saturated heterocycles. The Balaban J connectivity index is 1.90. The van der Waals surface area contributed by atoms with E-state index in [4.69, 9.17) is 9.84 Å². The summed E-state index contributed by atoms with van der Waals surface area (Å²) in [6.45, 7) is 5.06. The molecule has 0 aliphatic carbocycles. The van der Waals surface area contributed by atoms with Gasteiger partial charge < -0.3 is 4.74 Å². The number of nitrogens with zero attached hydrogens (tertiary/aromatic N) is 2. The molecular weight excluding hydrogens is 224 g/mol. The molecule has 0 N–H and O–H groups in total. The second kappa shape index (κ2) is 5.01. The predicted octanol–water partition coefficient (Wildman–Crippen LogP) is 2.97. The smallest absolute Gasteiger partial charge is 0.131 e. The van der Waals surface area contributed by atoms with Gasteiger partial charge in [0.2, 0.25) is 0 Å². The largest absolute Gasteiger partial charge is 0.492 e. The van der Waals surface area contributed by atoms with Crippen molar-refractivity contribution in [1.29, 1.82) is 0 Å². The standard InChI is InChI=1S/C15H20N2O/c1-12-6-5-7-13-14(8-11-18-15(12)13)16-17-9-3-2-4-10-17/h5-7H,2-4,8-11H2,1H3. The highest BCUT2D eigenvalue weighted by molar-refractivity contribution is 6.03. The zero-order valence-corrected chi connectivity index (χ0v) is 11.0. The fraction of sp³-hybridized carbons (Fsp3) is 0.533. The second-order valence-electron chi connectivity index (χ2n) is 5.11. The van der Waals surface area contributed by atoms with Crippen LogP contribution in [0.25, 0.3) is 0 Å². The minimum atomic E-state index is 0.754. The molecule has 1 aromatic rings. The van der Waals surface area contributed by atoms with Crippen LogP contribution in [0, 0.1) is 6.92 Å². The minimum Gasteiger partial charge on any atom is -0.492 e. The number of benzene rings is 1. The molecule has 0 atom stereocenters. The fourth-order valence-corrected chi connectivity index (χ4v) is 2.71. The number of hydrogen-bond donors (Lipinski definition) is 0. The summed E-state index contributed by atoms with van der Waals surface area (Å²) in [4.78, 5) is 0. The van der Waals surface area contributed by atoms with E-state index in [-0.39, 0.29) is 0 Å². The molecule has 2 heterocycles. The number of hydrazone groups is 1. The van der Waals surface area contributed by atoms with Crippen LogP contribution in [0.4, 0.5) is 0 Å². The molecule has 3 heteroatoms. The third-order valence-electron chi connectivity index (χ3n) is 3.70. The quantitative estimate of drug-likeness (QED) is 0.758. The number of fused-ring (bicyclic) bond motifs is 1. The lowest BCUT2D eigenvalue weighted by atomic mass is 10.0. The SMILES string of the molecule is Cc1cccc2c1OCCC2=NN1CCCCC1. The normalized spacial score (nSPS) is 21.6. The van der Waals surface area contributed by atoms with Crippen molar-refractivity contribution < 1.29 is 4.74 Å². The van der Waals surface area contributed by atoms with Crippen molar-refractivity contribution in [2.75, 3.05) is 19.7 Å². The third kappa shape index (κ3) is 2.22. The summed E-state index contributed by atoms with van der Waals surface area (Å²) < 4.78 is 5.77. The summed E-state index contributed by atoms with van der Waals surface area (Å²) >= 11 is 0. The van der Waals surface area contributed by atoms with Crippen LogP contribution in [-0.2, 0) is 0 Å². The predicted molar refractivity (Wildman–Crippen MR) is 73.3 cm³/mol. The average Bonchev–Trinajstić information content (AvgIpc) is 2.41. The van der Waals surface area contributed by atoms with E-state index >= 15 is 0 Å². The summed E-state index contributed by atoms with van der Waals surface area (Å²) in [6, 6.07) is 6.32. The number of hydrogen-bond acceptors (Lipinski definition) is 3. The number of piperidine rings is 1. The summed E-state index contributed by atoms with van der Waals surface area (Å²) in [5.74, 6) is 1.03. The fourth-order valence-electron chi connectivity index (χ4n) is 2.71. The summed E-state index contributed by atoms with van der Waals surface area (Å²) in [5.41, 5.74) is 3.59. The van der Waals surface area contributed by atoms with Gasteiger partial charge in [-0.2, -0.15) is 5.10 Å². The lowest BCUT2D eigenvalue weighted by Crippen LogP contribution is -2.28. The first-order valence-electron chi connectivity index (χ1n) is 6.90. The first kappa shape index (κ1) is 11.6. The van der Waals surface area contributed by atoms with Gasteiger partial charge in [0.25, 0.3) is 0 Å². The summed E-state index contributed by atoms with van der Waals surface area (Å²) in [5, 5.41) is 7.08. The van der Waals surface area contributed by atoms with Crippen molar-refractivity contribution in [3.8, 4) is 5.75 Å². The molecule has 3 nitrogen and oxygen atoms in total. The zero-order valence-electron chi connectivity index (χ0n) is 11.0. The maximum atomic E-state index is 5.77. The van der Waals surface area contributed by atoms with Crippen molar-refractivity contribution in [2.24, 2.45) is 5.10 Å². The molecule has 96 valence electrons. The van der Waals surface area contributed by atoms with Crippen LogP contribution in [0.15, 0.2) is 23.3 Å². The molecule has 1 aromatic carbocycles. The molecule has 1 fully saturated rings. The second-order valence-corrected chi connectivity index (χ2v) is 5.11. The summed E-state index contributed by atoms with van der Waals surface area (Å²) in [7, 11) is 0. The molecule has 2 aliphatic heterocycles. The maximum Gasteiger partial charge on any atom is 0.131 e. The number of para-hydroxylation sites is 1. The molecule has 0 radical (unpaired) electrons. The van der Waals surface area contributed by atoms with Gasteiger partial charge in [-0.25, -0.2) is 0 Å². The topological polar surface area (TPSA) is 24.8 Å². The molecule has 2 aliphatic rings. The van der Waals surface area contributed by atoms with E-state index in [1.165, 1.54) is 36.1 Å². The van der Waals surface area contributed by atoms with Gasteiger partial charge in [0.15, 0.2) is 0 Å². The Kier molecular flexibility index (Phi) is 3.22. The molecule has 0 spiro atoms. The van der Waals surface area contributed by atoms with Crippen LogP contribution in [0.5, 0.6) is 5.75 Å². The number of aryl methyl sites for hydroxylation is 1. The van der Waals surface area contributed by atoms with Gasteiger partial charge in [-0.15, -0.1) is 0 Å². The monoisotopic (exact) mass is 244 g/mol. The van der Waals surface area contributed by atoms with Gasteiger partial charge in [-0.1, -0.05) is 12.1 Å². The molecular formula is C15H20N2O. The van der Waals surface area contributed by atoms with Gasteiger partial charge in [0.05, 0.1) is 12.3 Å². The van der Waals surface area contributed by atoms with Crippen LogP contribution >= 0.6 is 0 Å². The van der Waals surface area contributed by atoms with E-state index in [2.05, 4.69) is 30.1 Å². The Morgan fingerprint density at radius 1 is 1.17 bits per heavy atom. The van der Waals surface area contributed by atoms with Crippen LogP contribution in [0.2, 0.25) is 0 Å². The lowest BCUT2D eigenvalue weighted by molar-refractivity contribution is 0.236. The van der Waals surface area contributed by atoms with Crippen LogP contribution in [-0.4, -0.2) is 30.4 Å². The molecule has 0 aromatic heterocycles. The van der Waals surface area contributed by atoms with Crippen LogP contribution in [0.1, 0.15) is 36.8 Å². The van der Waals surface area contributed by atoms with Crippen molar-refractivity contribution >= 4 is 5.71 Å². The molecule has 0 saturated carbocycles.